The molecule has 1 saturated heterocycles. The van der Waals surface area contributed by atoms with Gasteiger partial charge in [0.2, 0.25) is 11.6 Å². The molecule has 1 aromatic heterocycles. The van der Waals surface area contributed by atoms with Crippen molar-refractivity contribution in [2.75, 3.05) is 18.1 Å². The van der Waals surface area contributed by atoms with Crippen LogP contribution in [-0.2, 0) is 0 Å². The summed E-state index contributed by atoms with van der Waals surface area (Å²) in [5.74, 6) is -6.28. The summed E-state index contributed by atoms with van der Waals surface area (Å²) < 4.78 is 53.2. The molecule has 0 bridgehead atoms. The molecule has 7 heteroatoms. The lowest BCUT2D eigenvalue weighted by Gasteiger charge is -2.26. The highest BCUT2D eigenvalue weighted by Crippen LogP contribution is 2.33. The number of aromatic nitrogens is 1. The Bertz CT molecular complexity index is 429. The molecular weight excluding hydrogens is 252 g/mol. The van der Waals surface area contributed by atoms with Crippen molar-refractivity contribution >= 4 is 5.69 Å². The highest BCUT2D eigenvalue weighted by Gasteiger charge is 2.32. The Morgan fingerprint density at radius 2 is 1.78 bits per heavy atom. The minimum absolute atomic E-state index is 0.152. The summed E-state index contributed by atoms with van der Waals surface area (Å²) >= 11 is 0. The molecule has 3 nitrogen and oxygen atoms in total. The second kappa shape index (κ2) is 5.09. The molecule has 0 aromatic carbocycles. The Labute approximate surface area is 101 Å². The van der Waals surface area contributed by atoms with Gasteiger partial charge in [0, 0.05) is 19.2 Å². The maximum Gasteiger partial charge on any atom is 0.253 e. The van der Waals surface area contributed by atoms with E-state index in [1.807, 2.05) is 0 Å². The minimum atomic E-state index is -1.65. The Balaban J connectivity index is 2.43. The third-order valence-corrected chi connectivity index (χ3v) is 3.10. The zero-order valence-corrected chi connectivity index (χ0v) is 9.47. The summed E-state index contributed by atoms with van der Waals surface area (Å²) in [4.78, 5) is 3.78. The highest BCUT2D eigenvalue weighted by atomic mass is 19.2. The van der Waals surface area contributed by atoms with E-state index >= 15 is 0 Å². The maximum atomic E-state index is 13.6. The minimum Gasteiger partial charge on any atom is -0.396 e. The molecule has 0 amide bonds. The summed E-state index contributed by atoms with van der Waals surface area (Å²) in [5.41, 5.74) is -0.726. The summed E-state index contributed by atoms with van der Waals surface area (Å²) in [5, 5.41) is 8.86. The summed E-state index contributed by atoms with van der Waals surface area (Å²) in [6.07, 6.45) is 1.56. The van der Waals surface area contributed by atoms with Crippen molar-refractivity contribution in [1.29, 1.82) is 0 Å². The largest absolute Gasteiger partial charge is 0.396 e. The SMILES string of the molecule is OCCC1CCCN1c1c(F)c(F)nc(F)c1F. The van der Waals surface area contributed by atoms with Crippen molar-refractivity contribution in [3.63, 3.8) is 0 Å². The third kappa shape index (κ3) is 2.14. The molecule has 1 aromatic rings. The molecule has 1 unspecified atom stereocenters. The molecule has 1 atom stereocenters. The van der Waals surface area contributed by atoms with Crippen molar-refractivity contribution in [1.82, 2.24) is 4.98 Å². The summed E-state index contributed by atoms with van der Waals surface area (Å²) in [6.45, 7) is 0.141. The standard InChI is InChI=1S/C11H12F4N2O/c12-7-9(8(13)11(15)16-10(7)14)17-4-1-2-6(17)3-5-18/h6,18H,1-5H2. The van der Waals surface area contributed by atoms with E-state index in [1.54, 1.807) is 0 Å². The molecule has 0 radical (unpaired) electrons. The van der Waals surface area contributed by atoms with E-state index in [-0.39, 0.29) is 12.6 Å². The van der Waals surface area contributed by atoms with Crippen molar-refractivity contribution in [2.24, 2.45) is 0 Å². The van der Waals surface area contributed by atoms with Gasteiger partial charge in [-0.15, -0.1) is 0 Å². The number of hydrogen-bond donors (Lipinski definition) is 1. The van der Waals surface area contributed by atoms with Crippen LogP contribution in [0.2, 0.25) is 0 Å². The quantitative estimate of drug-likeness (QED) is 0.670. The predicted octanol–water partition coefficient (Wildman–Crippen LogP) is 1.99. The van der Waals surface area contributed by atoms with Crippen LogP contribution < -0.4 is 4.90 Å². The topological polar surface area (TPSA) is 36.4 Å². The smallest absolute Gasteiger partial charge is 0.253 e. The number of hydrogen-bond acceptors (Lipinski definition) is 3. The van der Waals surface area contributed by atoms with Gasteiger partial charge in [0.05, 0.1) is 0 Å². The van der Waals surface area contributed by atoms with Gasteiger partial charge in [-0.2, -0.15) is 22.5 Å². The van der Waals surface area contributed by atoms with Crippen LogP contribution in [0.1, 0.15) is 19.3 Å². The normalized spacial score (nSPS) is 19.6. The van der Waals surface area contributed by atoms with Crippen LogP contribution >= 0.6 is 0 Å². The van der Waals surface area contributed by atoms with E-state index in [0.717, 1.165) is 0 Å². The molecule has 18 heavy (non-hydrogen) atoms. The van der Waals surface area contributed by atoms with Crippen LogP contribution in [0.25, 0.3) is 0 Å². The first-order valence-corrected chi connectivity index (χ1v) is 5.63. The van der Waals surface area contributed by atoms with Gasteiger partial charge < -0.3 is 10.0 Å². The fraction of sp³-hybridized carbons (Fsp3) is 0.545. The number of anilines is 1. The predicted molar refractivity (Wildman–Crippen MR) is 56.1 cm³/mol. The number of aliphatic hydroxyl groups is 1. The fourth-order valence-electron chi connectivity index (χ4n) is 2.31. The molecule has 2 heterocycles. The molecule has 100 valence electrons. The summed E-state index contributed by atoms with van der Waals surface area (Å²) in [7, 11) is 0. The maximum absolute atomic E-state index is 13.6. The van der Waals surface area contributed by atoms with E-state index in [4.69, 9.17) is 5.11 Å². The van der Waals surface area contributed by atoms with Crippen LogP contribution in [-0.4, -0.2) is 29.3 Å². The first-order chi connectivity index (χ1) is 8.56. The van der Waals surface area contributed by atoms with Gasteiger partial charge in [-0.3, -0.25) is 0 Å². The average Bonchev–Trinajstić information content (AvgIpc) is 2.76. The average molecular weight is 264 g/mol. The van der Waals surface area contributed by atoms with Crippen molar-refractivity contribution in [2.45, 2.75) is 25.3 Å². The van der Waals surface area contributed by atoms with Crippen LogP contribution in [0.3, 0.4) is 0 Å². The van der Waals surface area contributed by atoms with E-state index in [0.29, 0.717) is 25.8 Å². The monoisotopic (exact) mass is 264 g/mol. The van der Waals surface area contributed by atoms with Crippen molar-refractivity contribution in [3.8, 4) is 0 Å². The summed E-state index contributed by atoms with van der Waals surface area (Å²) in [6, 6.07) is -0.319. The van der Waals surface area contributed by atoms with Gasteiger partial charge >= 0.3 is 0 Å². The lowest BCUT2D eigenvalue weighted by molar-refractivity contribution is 0.275. The Morgan fingerprint density at radius 1 is 1.17 bits per heavy atom. The van der Waals surface area contributed by atoms with Crippen LogP contribution in [0.4, 0.5) is 23.2 Å². The van der Waals surface area contributed by atoms with Gasteiger partial charge in [0.1, 0.15) is 5.69 Å². The van der Waals surface area contributed by atoms with Crippen molar-refractivity contribution in [3.05, 3.63) is 23.5 Å². The first kappa shape index (κ1) is 13.1. The Hall–Kier alpha value is -1.37. The fourth-order valence-corrected chi connectivity index (χ4v) is 2.31. The molecule has 1 N–H and O–H groups in total. The Kier molecular flexibility index (Phi) is 3.70. The second-order valence-corrected chi connectivity index (χ2v) is 4.17. The van der Waals surface area contributed by atoms with Crippen molar-refractivity contribution < 1.29 is 22.7 Å². The molecule has 0 spiro atoms. The molecular formula is C11H12F4N2O. The van der Waals surface area contributed by atoms with Gasteiger partial charge in [-0.05, 0) is 19.3 Å². The van der Waals surface area contributed by atoms with E-state index in [9.17, 15) is 17.6 Å². The van der Waals surface area contributed by atoms with Gasteiger partial charge in [-0.25, -0.2) is 0 Å². The van der Waals surface area contributed by atoms with E-state index in [1.165, 1.54) is 4.90 Å². The van der Waals surface area contributed by atoms with Gasteiger partial charge in [-0.1, -0.05) is 0 Å². The van der Waals surface area contributed by atoms with Gasteiger partial charge in [0.15, 0.2) is 0 Å². The number of aliphatic hydroxyl groups excluding tert-OH is 1. The lowest BCUT2D eigenvalue weighted by atomic mass is 10.1. The van der Waals surface area contributed by atoms with Crippen LogP contribution in [0.15, 0.2) is 0 Å². The number of nitrogens with zero attached hydrogens (tertiary/aromatic N) is 2. The molecule has 1 fully saturated rings. The number of rotatable bonds is 3. The van der Waals surface area contributed by atoms with Crippen LogP contribution in [0, 0.1) is 23.5 Å². The lowest BCUT2D eigenvalue weighted by Crippen LogP contribution is -2.32. The van der Waals surface area contributed by atoms with E-state index in [2.05, 4.69) is 4.98 Å². The van der Waals surface area contributed by atoms with Gasteiger partial charge in [0.25, 0.3) is 11.9 Å². The number of halogens is 4. The van der Waals surface area contributed by atoms with Crippen LogP contribution in [0.5, 0.6) is 0 Å². The third-order valence-electron chi connectivity index (χ3n) is 3.10. The molecule has 1 aliphatic heterocycles. The molecule has 2 rings (SSSR count). The number of pyridine rings is 1. The Morgan fingerprint density at radius 3 is 2.33 bits per heavy atom. The first-order valence-electron chi connectivity index (χ1n) is 5.63. The molecule has 0 saturated carbocycles. The second-order valence-electron chi connectivity index (χ2n) is 4.17. The van der Waals surface area contributed by atoms with E-state index < -0.39 is 29.2 Å². The molecule has 1 aliphatic rings. The molecule has 0 aliphatic carbocycles. The zero-order chi connectivity index (χ0) is 13.3. The highest BCUT2D eigenvalue weighted by molar-refractivity contribution is 5.50. The zero-order valence-electron chi connectivity index (χ0n) is 9.47.